The number of hydrogen-bond donors (Lipinski definition) is 2. The zero-order valence-electron chi connectivity index (χ0n) is 7.54. The highest BCUT2D eigenvalue weighted by Gasteiger charge is 2.13. The van der Waals surface area contributed by atoms with Crippen LogP contribution in [0.25, 0.3) is 0 Å². The van der Waals surface area contributed by atoms with E-state index < -0.39 is 0 Å². The van der Waals surface area contributed by atoms with Crippen LogP contribution in [0.2, 0.25) is 0 Å². The van der Waals surface area contributed by atoms with E-state index in [9.17, 15) is 9.59 Å². The molecule has 0 spiro atoms. The number of aldehydes is 1. The molecule has 0 saturated heterocycles. The molecular weight excluding hydrogens is 156 g/mol. The summed E-state index contributed by atoms with van der Waals surface area (Å²) in [7, 11) is 0. The summed E-state index contributed by atoms with van der Waals surface area (Å²) in [6.07, 6.45) is 1.02. The largest absolute Gasteiger partial charge is 0.346 e. The van der Waals surface area contributed by atoms with Gasteiger partial charge in [0.05, 0.1) is 6.04 Å². The first-order chi connectivity index (χ1) is 5.61. The summed E-state index contributed by atoms with van der Waals surface area (Å²) >= 11 is 0. The van der Waals surface area contributed by atoms with E-state index in [1.54, 1.807) is 0 Å². The number of nitrogens with one attached hydrogen (secondary N) is 1. The molecule has 3 N–H and O–H groups in total. The van der Waals surface area contributed by atoms with Crippen molar-refractivity contribution in [2.45, 2.75) is 26.3 Å². The molecule has 0 heterocycles. The van der Waals surface area contributed by atoms with Gasteiger partial charge in [-0.15, -0.1) is 0 Å². The Balaban J connectivity index is 3.85. The summed E-state index contributed by atoms with van der Waals surface area (Å²) in [5, 5.41) is 2.58. The molecule has 0 saturated carbocycles. The predicted octanol–water partition coefficient (Wildman–Crippen LogP) is -0.325. The Morgan fingerprint density at radius 1 is 1.58 bits per heavy atom. The summed E-state index contributed by atoms with van der Waals surface area (Å²) < 4.78 is 0. The third-order valence-corrected chi connectivity index (χ3v) is 1.56. The number of hydrogen-bond acceptors (Lipinski definition) is 3. The Morgan fingerprint density at radius 3 is 2.50 bits per heavy atom. The van der Waals surface area contributed by atoms with Crippen molar-refractivity contribution in [3.05, 3.63) is 0 Å². The van der Waals surface area contributed by atoms with Gasteiger partial charge < -0.3 is 15.8 Å². The lowest BCUT2D eigenvalue weighted by molar-refractivity contribution is -0.124. The van der Waals surface area contributed by atoms with Gasteiger partial charge >= 0.3 is 0 Å². The normalized spacial score (nSPS) is 12.7. The Morgan fingerprint density at radius 2 is 2.17 bits per heavy atom. The van der Waals surface area contributed by atoms with Crippen molar-refractivity contribution >= 4 is 12.2 Å². The highest BCUT2D eigenvalue weighted by Crippen LogP contribution is 1.98. The van der Waals surface area contributed by atoms with E-state index in [-0.39, 0.29) is 24.3 Å². The maximum Gasteiger partial charge on any atom is 0.221 e. The molecule has 0 aromatic carbocycles. The van der Waals surface area contributed by atoms with Crippen molar-refractivity contribution in [1.82, 2.24) is 5.32 Å². The van der Waals surface area contributed by atoms with E-state index in [4.69, 9.17) is 5.73 Å². The zero-order chi connectivity index (χ0) is 9.56. The van der Waals surface area contributed by atoms with Crippen LogP contribution in [0.4, 0.5) is 0 Å². The van der Waals surface area contributed by atoms with Crippen LogP contribution >= 0.6 is 0 Å². The summed E-state index contributed by atoms with van der Waals surface area (Å²) in [5.41, 5.74) is 5.17. The fraction of sp³-hybridized carbons (Fsp3) is 0.750. The standard InChI is InChI=1S/C8H16N2O2/c1-6(2)7(5-11)10-8(12)3-4-9/h5-7H,3-4,9H2,1-2H3,(H,10,12)/t7-/m1/s1. The van der Waals surface area contributed by atoms with Gasteiger partial charge in [0.15, 0.2) is 0 Å². The van der Waals surface area contributed by atoms with Crippen LogP contribution in [0.3, 0.4) is 0 Å². The maximum atomic E-state index is 11.0. The average molecular weight is 172 g/mol. The Hall–Kier alpha value is -0.900. The number of amides is 1. The lowest BCUT2D eigenvalue weighted by Crippen LogP contribution is -2.40. The molecule has 0 aliphatic carbocycles. The van der Waals surface area contributed by atoms with Gasteiger partial charge in [-0.05, 0) is 5.92 Å². The summed E-state index contributed by atoms with van der Waals surface area (Å²) in [6, 6.07) is -0.385. The molecule has 1 atom stereocenters. The SMILES string of the molecule is CC(C)[C@@H](C=O)NC(=O)CCN. The number of carbonyl (C=O) groups is 2. The predicted molar refractivity (Wildman–Crippen MR) is 46.5 cm³/mol. The first-order valence-corrected chi connectivity index (χ1v) is 4.06. The van der Waals surface area contributed by atoms with Gasteiger partial charge in [0, 0.05) is 13.0 Å². The van der Waals surface area contributed by atoms with Crippen molar-refractivity contribution < 1.29 is 9.59 Å². The van der Waals surface area contributed by atoms with Gasteiger partial charge in [0.2, 0.25) is 5.91 Å². The topological polar surface area (TPSA) is 72.2 Å². The van der Waals surface area contributed by atoms with Crippen LogP contribution in [0, 0.1) is 5.92 Å². The molecule has 0 aliphatic heterocycles. The second-order valence-corrected chi connectivity index (χ2v) is 3.01. The molecule has 0 unspecified atom stereocenters. The van der Waals surface area contributed by atoms with E-state index >= 15 is 0 Å². The lowest BCUT2D eigenvalue weighted by Gasteiger charge is -2.15. The van der Waals surface area contributed by atoms with Gasteiger partial charge in [-0.1, -0.05) is 13.8 Å². The van der Waals surface area contributed by atoms with Gasteiger partial charge in [-0.25, -0.2) is 0 Å². The third kappa shape index (κ3) is 4.08. The third-order valence-electron chi connectivity index (χ3n) is 1.56. The van der Waals surface area contributed by atoms with E-state index in [1.807, 2.05) is 13.8 Å². The van der Waals surface area contributed by atoms with Gasteiger partial charge in [0.25, 0.3) is 0 Å². The van der Waals surface area contributed by atoms with Crippen LogP contribution in [0.1, 0.15) is 20.3 Å². The molecule has 0 fully saturated rings. The highest BCUT2D eigenvalue weighted by atomic mass is 16.2. The molecule has 0 aliphatic rings. The fourth-order valence-electron chi connectivity index (χ4n) is 0.747. The van der Waals surface area contributed by atoms with Gasteiger partial charge in [-0.2, -0.15) is 0 Å². The minimum Gasteiger partial charge on any atom is -0.346 e. The van der Waals surface area contributed by atoms with Crippen molar-refractivity contribution in [2.75, 3.05) is 6.54 Å². The number of nitrogens with two attached hydrogens (primary N) is 1. The van der Waals surface area contributed by atoms with E-state index in [2.05, 4.69) is 5.32 Å². The summed E-state index contributed by atoms with van der Waals surface area (Å²) in [4.78, 5) is 21.4. The van der Waals surface area contributed by atoms with Crippen molar-refractivity contribution in [2.24, 2.45) is 11.7 Å². The number of carbonyl (C=O) groups excluding carboxylic acids is 2. The molecule has 4 nitrogen and oxygen atoms in total. The summed E-state index contributed by atoms with van der Waals surface area (Å²) in [6.45, 7) is 4.07. The van der Waals surface area contributed by atoms with Crippen molar-refractivity contribution in [3.8, 4) is 0 Å². The lowest BCUT2D eigenvalue weighted by atomic mass is 10.1. The molecule has 0 aromatic rings. The molecule has 70 valence electrons. The maximum absolute atomic E-state index is 11.0. The zero-order valence-corrected chi connectivity index (χ0v) is 7.54. The molecule has 0 rings (SSSR count). The molecule has 0 bridgehead atoms. The van der Waals surface area contributed by atoms with Gasteiger partial charge in [0.1, 0.15) is 6.29 Å². The van der Waals surface area contributed by atoms with Crippen LogP contribution in [0.15, 0.2) is 0 Å². The van der Waals surface area contributed by atoms with E-state index in [1.165, 1.54) is 0 Å². The Kier molecular flexibility index (Phi) is 5.28. The van der Waals surface area contributed by atoms with E-state index in [0.717, 1.165) is 6.29 Å². The highest BCUT2D eigenvalue weighted by molar-refractivity contribution is 5.79. The number of rotatable bonds is 5. The van der Waals surface area contributed by atoms with Crippen molar-refractivity contribution in [3.63, 3.8) is 0 Å². The fourth-order valence-corrected chi connectivity index (χ4v) is 0.747. The summed E-state index contributed by atoms with van der Waals surface area (Å²) in [5.74, 6) is -0.0347. The molecular formula is C8H16N2O2. The first-order valence-electron chi connectivity index (χ1n) is 4.06. The monoisotopic (exact) mass is 172 g/mol. The second kappa shape index (κ2) is 5.71. The molecule has 0 radical (unpaired) electrons. The van der Waals surface area contributed by atoms with E-state index in [0.29, 0.717) is 6.54 Å². The van der Waals surface area contributed by atoms with Crippen LogP contribution in [0.5, 0.6) is 0 Å². The Labute approximate surface area is 72.5 Å². The molecule has 4 heteroatoms. The molecule has 12 heavy (non-hydrogen) atoms. The molecule has 1 amide bonds. The first kappa shape index (κ1) is 11.1. The minimum absolute atomic E-state index is 0.129. The van der Waals surface area contributed by atoms with Crippen LogP contribution in [-0.4, -0.2) is 24.8 Å². The molecule has 0 aromatic heterocycles. The smallest absolute Gasteiger partial charge is 0.221 e. The average Bonchev–Trinajstić information content (AvgIpc) is 2.00. The van der Waals surface area contributed by atoms with Crippen LogP contribution < -0.4 is 11.1 Å². The quantitative estimate of drug-likeness (QED) is 0.558. The minimum atomic E-state index is -0.385. The second-order valence-electron chi connectivity index (χ2n) is 3.01. The Bertz CT molecular complexity index is 157. The van der Waals surface area contributed by atoms with Gasteiger partial charge in [-0.3, -0.25) is 4.79 Å². The van der Waals surface area contributed by atoms with Crippen molar-refractivity contribution in [1.29, 1.82) is 0 Å². The van der Waals surface area contributed by atoms with Crippen LogP contribution in [-0.2, 0) is 9.59 Å².